The molecule has 0 aromatic heterocycles. The second-order valence-corrected chi connectivity index (χ2v) is 4.46. The maximum atomic E-state index is 13.0. The van der Waals surface area contributed by atoms with Crippen molar-refractivity contribution in [3.63, 3.8) is 0 Å². The van der Waals surface area contributed by atoms with Crippen molar-refractivity contribution in [2.75, 3.05) is 6.61 Å². The molecule has 0 saturated heterocycles. The van der Waals surface area contributed by atoms with Gasteiger partial charge in [0.15, 0.2) is 17.5 Å². The van der Waals surface area contributed by atoms with Crippen molar-refractivity contribution >= 4 is 12.4 Å². The first kappa shape index (κ1) is 16.5. The van der Waals surface area contributed by atoms with Gasteiger partial charge in [0.25, 0.3) is 0 Å². The zero-order valence-corrected chi connectivity index (χ0v) is 12.0. The lowest BCUT2D eigenvalue weighted by Gasteiger charge is -2.02. The molecule has 6 heteroatoms. The Labute approximate surface area is 131 Å². The predicted octanol–water partition coefficient (Wildman–Crippen LogP) is 4.12. The standard InChI is InChI=1S/C17H13F3N2O/c1-2-7-23-14-5-3-12(4-6-14)10-21-22-11-13-8-15(18)17(20)16(19)9-13/h2-6,8-11H,1,7H2/b21-10+,22-11+. The van der Waals surface area contributed by atoms with Gasteiger partial charge < -0.3 is 4.74 Å². The highest BCUT2D eigenvalue weighted by atomic mass is 19.2. The van der Waals surface area contributed by atoms with Crippen molar-refractivity contribution < 1.29 is 17.9 Å². The number of halogens is 3. The van der Waals surface area contributed by atoms with Gasteiger partial charge in [0.05, 0.1) is 12.4 Å². The lowest BCUT2D eigenvalue weighted by atomic mass is 10.2. The van der Waals surface area contributed by atoms with Crippen molar-refractivity contribution in [3.05, 3.63) is 77.6 Å². The summed E-state index contributed by atoms with van der Waals surface area (Å²) in [4.78, 5) is 0. The van der Waals surface area contributed by atoms with Crippen LogP contribution in [0.2, 0.25) is 0 Å². The summed E-state index contributed by atoms with van der Waals surface area (Å²) >= 11 is 0. The molecule has 0 amide bonds. The van der Waals surface area contributed by atoms with E-state index in [-0.39, 0.29) is 5.56 Å². The van der Waals surface area contributed by atoms with E-state index < -0.39 is 17.5 Å². The van der Waals surface area contributed by atoms with Crippen LogP contribution in [-0.2, 0) is 0 Å². The SMILES string of the molecule is C=CCOc1ccc(/C=N/N=C/c2cc(F)c(F)c(F)c2)cc1. The van der Waals surface area contributed by atoms with Gasteiger partial charge in [-0.15, -0.1) is 0 Å². The summed E-state index contributed by atoms with van der Waals surface area (Å²) in [6.07, 6.45) is 4.24. The Bertz CT molecular complexity index is 717. The molecular formula is C17H13F3N2O. The molecule has 3 nitrogen and oxygen atoms in total. The molecule has 0 saturated carbocycles. The summed E-state index contributed by atoms with van der Waals surface area (Å²) in [5.41, 5.74) is 0.844. The molecule has 0 radical (unpaired) electrons. The van der Waals surface area contributed by atoms with Crippen LogP contribution in [0, 0.1) is 17.5 Å². The van der Waals surface area contributed by atoms with Crippen molar-refractivity contribution in [2.45, 2.75) is 0 Å². The first-order chi connectivity index (χ1) is 11.1. The second-order valence-electron chi connectivity index (χ2n) is 4.46. The number of hydrogen-bond donors (Lipinski definition) is 0. The van der Waals surface area contributed by atoms with E-state index >= 15 is 0 Å². The van der Waals surface area contributed by atoms with E-state index in [1.807, 2.05) is 0 Å². The smallest absolute Gasteiger partial charge is 0.194 e. The van der Waals surface area contributed by atoms with E-state index in [2.05, 4.69) is 16.8 Å². The molecule has 0 atom stereocenters. The highest BCUT2D eigenvalue weighted by Crippen LogP contribution is 2.13. The molecule has 0 aliphatic heterocycles. The van der Waals surface area contributed by atoms with Gasteiger partial charge in [0, 0.05) is 5.56 Å². The lowest BCUT2D eigenvalue weighted by molar-refractivity contribution is 0.363. The van der Waals surface area contributed by atoms with Gasteiger partial charge in [0.1, 0.15) is 12.4 Å². The van der Waals surface area contributed by atoms with E-state index in [0.717, 1.165) is 23.9 Å². The third-order valence-corrected chi connectivity index (χ3v) is 2.73. The van der Waals surface area contributed by atoms with Crippen LogP contribution in [0.3, 0.4) is 0 Å². The average molecular weight is 318 g/mol. The molecule has 2 rings (SSSR count). The van der Waals surface area contributed by atoms with E-state index in [1.165, 1.54) is 6.21 Å². The van der Waals surface area contributed by atoms with Crippen LogP contribution in [0.15, 0.2) is 59.3 Å². The number of ether oxygens (including phenoxy) is 1. The van der Waals surface area contributed by atoms with Crippen LogP contribution in [0.5, 0.6) is 5.75 Å². The van der Waals surface area contributed by atoms with Gasteiger partial charge in [-0.1, -0.05) is 12.7 Å². The summed E-state index contributed by atoms with van der Waals surface area (Å²) in [5.74, 6) is -3.36. The van der Waals surface area contributed by atoms with Crippen LogP contribution >= 0.6 is 0 Å². The van der Waals surface area contributed by atoms with E-state index in [0.29, 0.717) is 12.4 Å². The highest BCUT2D eigenvalue weighted by molar-refractivity contribution is 5.82. The molecule has 0 fully saturated rings. The predicted molar refractivity (Wildman–Crippen MR) is 83.6 cm³/mol. The third-order valence-electron chi connectivity index (χ3n) is 2.73. The molecule has 118 valence electrons. The zero-order chi connectivity index (χ0) is 16.7. The quantitative estimate of drug-likeness (QED) is 0.341. The molecule has 0 aliphatic carbocycles. The van der Waals surface area contributed by atoms with Crippen LogP contribution < -0.4 is 4.74 Å². The largest absolute Gasteiger partial charge is 0.490 e. The van der Waals surface area contributed by atoms with Gasteiger partial charge >= 0.3 is 0 Å². The Kier molecular flexibility index (Phi) is 5.68. The van der Waals surface area contributed by atoms with Crippen LogP contribution in [0.4, 0.5) is 13.2 Å². The molecule has 0 unspecified atom stereocenters. The average Bonchev–Trinajstić information content (AvgIpc) is 2.55. The van der Waals surface area contributed by atoms with Gasteiger partial charge in [-0.05, 0) is 42.0 Å². The number of benzene rings is 2. The van der Waals surface area contributed by atoms with Gasteiger partial charge in [-0.25, -0.2) is 13.2 Å². The minimum absolute atomic E-state index is 0.0757. The molecule has 23 heavy (non-hydrogen) atoms. The normalized spacial score (nSPS) is 11.3. The fourth-order valence-electron chi connectivity index (χ4n) is 1.65. The van der Waals surface area contributed by atoms with E-state index in [1.54, 1.807) is 30.3 Å². The van der Waals surface area contributed by atoms with Crippen molar-refractivity contribution in [1.29, 1.82) is 0 Å². The Morgan fingerprint density at radius 3 is 2.04 bits per heavy atom. The topological polar surface area (TPSA) is 34.0 Å². The number of rotatable bonds is 6. The molecule has 0 heterocycles. The minimum atomic E-state index is -1.51. The Hall–Kier alpha value is -2.89. The Morgan fingerprint density at radius 2 is 1.48 bits per heavy atom. The van der Waals surface area contributed by atoms with Crippen LogP contribution in [0.1, 0.15) is 11.1 Å². The lowest BCUT2D eigenvalue weighted by Crippen LogP contribution is -1.93. The van der Waals surface area contributed by atoms with E-state index in [4.69, 9.17) is 4.74 Å². The minimum Gasteiger partial charge on any atom is -0.490 e. The van der Waals surface area contributed by atoms with Crippen molar-refractivity contribution in [1.82, 2.24) is 0 Å². The summed E-state index contributed by atoms with van der Waals surface area (Å²) in [7, 11) is 0. The highest BCUT2D eigenvalue weighted by Gasteiger charge is 2.09. The van der Waals surface area contributed by atoms with Gasteiger partial charge in [0.2, 0.25) is 0 Å². The molecule has 2 aromatic rings. The molecule has 0 spiro atoms. The van der Waals surface area contributed by atoms with E-state index in [9.17, 15) is 13.2 Å². The van der Waals surface area contributed by atoms with Crippen LogP contribution in [-0.4, -0.2) is 19.0 Å². The summed E-state index contributed by atoms with van der Waals surface area (Å²) in [6.45, 7) is 3.97. The van der Waals surface area contributed by atoms with Gasteiger partial charge in [-0.3, -0.25) is 0 Å². The maximum Gasteiger partial charge on any atom is 0.194 e. The fourth-order valence-corrected chi connectivity index (χ4v) is 1.65. The third kappa shape index (κ3) is 4.81. The monoisotopic (exact) mass is 318 g/mol. The van der Waals surface area contributed by atoms with Crippen molar-refractivity contribution in [3.8, 4) is 5.75 Å². The summed E-state index contributed by atoms with van der Waals surface area (Å²) in [5, 5.41) is 7.42. The second kappa shape index (κ2) is 7.93. The maximum absolute atomic E-state index is 13.0. The fraction of sp³-hybridized carbons (Fsp3) is 0.0588. The molecule has 0 aliphatic rings. The molecular weight excluding hydrogens is 305 g/mol. The molecule has 0 N–H and O–H groups in total. The number of nitrogens with zero attached hydrogens (tertiary/aromatic N) is 2. The first-order valence-electron chi connectivity index (χ1n) is 6.65. The first-order valence-corrected chi connectivity index (χ1v) is 6.65. The Balaban J connectivity index is 1.99. The number of hydrogen-bond acceptors (Lipinski definition) is 3. The zero-order valence-electron chi connectivity index (χ0n) is 12.0. The Morgan fingerprint density at radius 1 is 0.913 bits per heavy atom. The summed E-state index contributed by atoms with van der Waals surface area (Å²) in [6, 6.07) is 8.74. The van der Waals surface area contributed by atoms with Crippen LogP contribution in [0.25, 0.3) is 0 Å². The van der Waals surface area contributed by atoms with Crippen molar-refractivity contribution in [2.24, 2.45) is 10.2 Å². The molecule has 0 bridgehead atoms. The summed E-state index contributed by atoms with van der Waals surface area (Å²) < 4.78 is 44.1. The van der Waals surface area contributed by atoms with Gasteiger partial charge in [-0.2, -0.15) is 10.2 Å². The molecule has 2 aromatic carbocycles.